The van der Waals surface area contributed by atoms with Crippen molar-refractivity contribution in [2.24, 2.45) is 0 Å². The second-order valence-electron chi connectivity index (χ2n) is 8.77. The number of carbonyl (C=O) groups excluding carboxylic acids is 1. The lowest BCUT2D eigenvalue weighted by Crippen LogP contribution is -2.66. The molecule has 2 unspecified atom stereocenters. The average Bonchev–Trinajstić information content (AvgIpc) is 2.73. The molecule has 3 N–H and O–H groups in total. The van der Waals surface area contributed by atoms with Gasteiger partial charge in [-0.25, -0.2) is 13.2 Å². The van der Waals surface area contributed by atoms with Gasteiger partial charge in [0, 0.05) is 11.1 Å². The van der Waals surface area contributed by atoms with E-state index in [9.17, 15) is 23.8 Å². The number of hydrogen-bond donors (Lipinski definition) is 3. The molecule has 4 nitrogen and oxygen atoms in total. The van der Waals surface area contributed by atoms with Crippen molar-refractivity contribution in [2.45, 2.75) is 43.8 Å². The second-order valence-corrected chi connectivity index (χ2v) is 8.77. The Balaban J connectivity index is 1.91. The van der Waals surface area contributed by atoms with E-state index in [0.29, 0.717) is 11.5 Å². The van der Waals surface area contributed by atoms with Gasteiger partial charge in [-0.15, -0.1) is 0 Å². The number of rotatable bonds is 2. The number of phenolic OH excluding ortho intramolecular Hbond substituents is 1. The van der Waals surface area contributed by atoms with Gasteiger partial charge < -0.3 is 15.5 Å². The van der Waals surface area contributed by atoms with Gasteiger partial charge in [-0.05, 0) is 49.2 Å². The first-order valence-corrected chi connectivity index (χ1v) is 9.92. The van der Waals surface area contributed by atoms with Crippen molar-refractivity contribution < 1.29 is 32.6 Å². The Morgan fingerprint density at radius 2 is 1.66 bits per heavy atom. The van der Waals surface area contributed by atoms with E-state index >= 15 is 8.78 Å². The lowest BCUT2D eigenvalue weighted by molar-refractivity contribution is -0.228. The number of aromatic hydroxyl groups is 1. The summed E-state index contributed by atoms with van der Waals surface area (Å²) in [6.07, 6.45) is 0. The molecule has 4 rings (SSSR count). The van der Waals surface area contributed by atoms with E-state index in [-0.39, 0.29) is 11.1 Å². The maximum absolute atomic E-state index is 15.5. The maximum Gasteiger partial charge on any atom is 0.287 e. The lowest BCUT2D eigenvalue weighted by atomic mass is 9.61. The summed E-state index contributed by atoms with van der Waals surface area (Å²) in [5, 5.41) is 24.8. The molecule has 0 saturated carbocycles. The Bertz CT molecular complexity index is 1250. The third kappa shape index (κ3) is 2.82. The zero-order valence-corrected chi connectivity index (χ0v) is 17.5. The summed E-state index contributed by atoms with van der Waals surface area (Å²) in [5.41, 5.74) is -5.90. The molecule has 168 valence electrons. The summed E-state index contributed by atoms with van der Waals surface area (Å²) in [4.78, 5) is 13.1. The van der Waals surface area contributed by atoms with Gasteiger partial charge in [0.05, 0.1) is 11.5 Å². The summed E-state index contributed by atoms with van der Waals surface area (Å²) in [6.45, 7) is 2.85. The minimum atomic E-state index is -3.94. The van der Waals surface area contributed by atoms with Crippen LogP contribution in [-0.2, 0) is 5.41 Å². The van der Waals surface area contributed by atoms with Gasteiger partial charge in [-0.3, -0.25) is 4.79 Å². The molecule has 0 bridgehead atoms. The third-order valence-corrected chi connectivity index (χ3v) is 6.45. The summed E-state index contributed by atoms with van der Waals surface area (Å²) < 4.78 is 59.3. The fraction of sp³-hybridized carbons (Fsp3) is 0.292. The first-order valence-electron chi connectivity index (χ1n) is 9.92. The first-order chi connectivity index (χ1) is 14.8. The number of benzene rings is 3. The van der Waals surface area contributed by atoms with Crippen LogP contribution in [-0.4, -0.2) is 27.6 Å². The van der Waals surface area contributed by atoms with E-state index in [2.05, 4.69) is 5.32 Å². The minimum absolute atomic E-state index is 0.153. The Hall–Kier alpha value is -3.13. The minimum Gasteiger partial charge on any atom is -0.505 e. The lowest BCUT2D eigenvalue weighted by Gasteiger charge is -2.52. The monoisotopic (exact) mass is 447 g/mol. The van der Waals surface area contributed by atoms with Crippen molar-refractivity contribution in [2.75, 3.05) is 0 Å². The van der Waals surface area contributed by atoms with E-state index in [4.69, 9.17) is 0 Å². The molecule has 3 aromatic rings. The molecular formula is C24H21F4NO3. The van der Waals surface area contributed by atoms with Gasteiger partial charge >= 0.3 is 0 Å². The molecule has 0 saturated heterocycles. The van der Waals surface area contributed by atoms with Crippen molar-refractivity contribution in [3.63, 3.8) is 0 Å². The quantitative estimate of drug-likeness (QED) is 0.486. The van der Waals surface area contributed by atoms with E-state index in [0.717, 1.165) is 26.2 Å². The number of hydrogen-bond acceptors (Lipinski definition) is 3. The van der Waals surface area contributed by atoms with Gasteiger partial charge in [0.1, 0.15) is 0 Å². The molecule has 1 aliphatic rings. The van der Waals surface area contributed by atoms with Crippen molar-refractivity contribution in [1.29, 1.82) is 0 Å². The molecule has 1 aliphatic carbocycles. The number of nitrogens with one attached hydrogen (secondary N) is 1. The van der Waals surface area contributed by atoms with Crippen LogP contribution in [0.25, 0.3) is 10.8 Å². The molecule has 0 fully saturated rings. The van der Waals surface area contributed by atoms with Crippen molar-refractivity contribution >= 4 is 16.7 Å². The maximum atomic E-state index is 15.5. The molecule has 0 spiro atoms. The molecule has 32 heavy (non-hydrogen) atoms. The van der Waals surface area contributed by atoms with Gasteiger partial charge in [-0.1, -0.05) is 36.4 Å². The van der Waals surface area contributed by atoms with Crippen LogP contribution in [0, 0.1) is 11.6 Å². The van der Waals surface area contributed by atoms with Crippen molar-refractivity contribution in [3.05, 3.63) is 76.9 Å². The average molecular weight is 447 g/mol. The summed E-state index contributed by atoms with van der Waals surface area (Å²) in [5.74, 6) is -9.16. The SMILES string of the molecule is CC1(C)c2c(cc(F)c(F)c2O)C(NC(=O)c2cccc3ccccc23)C(C)(O)C1(F)F. The molecule has 1 amide bonds. The Morgan fingerprint density at radius 1 is 1.03 bits per heavy atom. The van der Waals surface area contributed by atoms with E-state index in [1.54, 1.807) is 36.4 Å². The van der Waals surface area contributed by atoms with Crippen LogP contribution in [0.1, 0.15) is 48.3 Å². The van der Waals surface area contributed by atoms with Crippen LogP contribution in [0.4, 0.5) is 17.6 Å². The van der Waals surface area contributed by atoms with Crippen molar-refractivity contribution in [1.82, 2.24) is 5.32 Å². The molecule has 8 heteroatoms. The molecule has 0 radical (unpaired) electrons. The fourth-order valence-corrected chi connectivity index (χ4v) is 4.64. The van der Waals surface area contributed by atoms with Crippen LogP contribution in [0.2, 0.25) is 0 Å². The Labute approximate surface area is 181 Å². The predicted molar refractivity (Wildman–Crippen MR) is 111 cm³/mol. The fourth-order valence-electron chi connectivity index (χ4n) is 4.64. The van der Waals surface area contributed by atoms with Gasteiger partial charge in [0.15, 0.2) is 17.2 Å². The van der Waals surface area contributed by atoms with E-state index in [1.807, 2.05) is 0 Å². The van der Waals surface area contributed by atoms with E-state index in [1.165, 1.54) is 6.07 Å². The number of amides is 1. The summed E-state index contributed by atoms with van der Waals surface area (Å²) >= 11 is 0. The van der Waals surface area contributed by atoms with Gasteiger partial charge in [0.25, 0.3) is 11.8 Å². The molecule has 0 heterocycles. The molecular weight excluding hydrogens is 426 g/mol. The third-order valence-electron chi connectivity index (χ3n) is 6.45. The smallest absolute Gasteiger partial charge is 0.287 e. The number of halogens is 4. The number of phenols is 1. The topological polar surface area (TPSA) is 69.6 Å². The van der Waals surface area contributed by atoms with Crippen LogP contribution in [0.3, 0.4) is 0 Å². The zero-order chi connectivity index (χ0) is 23.6. The molecule has 2 atom stereocenters. The number of carbonyl (C=O) groups is 1. The molecule has 0 aliphatic heterocycles. The van der Waals surface area contributed by atoms with Gasteiger partial charge in [0.2, 0.25) is 5.82 Å². The largest absolute Gasteiger partial charge is 0.505 e. The first kappa shape index (κ1) is 22.1. The van der Waals surface area contributed by atoms with Gasteiger partial charge in [-0.2, -0.15) is 4.39 Å². The number of fused-ring (bicyclic) bond motifs is 2. The normalized spacial score (nSPS) is 23.6. The van der Waals surface area contributed by atoms with Crippen molar-refractivity contribution in [3.8, 4) is 5.75 Å². The van der Waals surface area contributed by atoms with Crippen LogP contribution in [0.15, 0.2) is 48.5 Å². The van der Waals surface area contributed by atoms with E-state index < -0.39 is 51.8 Å². The predicted octanol–water partition coefficient (Wildman–Crippen LogP) is 4.97. The Kier molecular flexibility index (Phi) is 4.78. The second kappa shape index (κ2) is 6.93. The number of alkyl halides is 2. The highest BCUT2D eigenvalue weighted by Gasteiger charge is 2.68. The highest BCUT2D eigenvalue weighted by atomic mass is 19.3. The van der Waals surface area contributed by atoms with Crippen LogP contribution in [0.5, 0.6) is 5.75 Å². The number of aliphatic hydroxyl groups is 1. The highest BCUT2D eigenvalue weighted by molar-refractivity contribution is 6.07. The molecule has 3 aromatic carbocycles. The zero-order valence-electron chi connectivity index (χ0n) is 17.5. The standard InChI is InChI=1S/C24H21F4NO3/c1-22(2)17-15(11-16(25)18(26)19(17)30)20(23(3,32)24(22,27)28)29-21(31)14-10-6-8-12-7-4-5-9-13(12)14/h4-11,20,30,32H,1-3H3,(H,29,31). The molecule has 0 aromatic heterocycles. The summed E-state index contributed by atoms with van der Waals surface area (Å²) in [6, 6.07) is 10.6. The summed E-state index contributed by atoms with van der Waals surface area (Å²) in [7, 11) is 0. The van der Waals surface area contributed by atoms with Crippen LogP contribution >= 0.6 is 0 Å². The van der Waals surface area contributed by atoms with Crippen LogP contribution < -0.4 is 5.32 Å². The highest BCUT2D eigenvalue weighted by Crippen LogP contribution is 2.58. The Morgan fingerprint density at radius 3 is 2.34 bits per heavy atom.